The van der Waals surface area contributed by atoms with Gasteiger partial charge in [0.1, 0.15) is 11.5 Å². The molecule has 0 saturated carbocycles. The number of nitrogens with two attached hydrogens (primary N) is 1. The molecule has 19 heavy (non-hydrogen) atoms. The van der Waals surface area contributed by atoms with Gasteiger partial charge in [-0.05, 0) is 19.1 Å². The summed E-state index contributed by atoms with van der Waals surface area (Å²) >= 11 is 0. The number of amides is 1. The van der Waals surface area contributed by atoms with Crippen LogP contribution in [0.4, 0.5) is 11.5 Å². The second-order valence-electron chi connectivity index (χ2n) is 4.01. The van der Waals surface area contributed by atoms with Crippen molar-refractivity contribution in [2.75, 3.05) is 17.7 Å². The van der Waals surface area contributed by atoms with Crippen LogP contribution in [0.2, 0.25) is 0 Å². The number of benzene rings is 1. The molecule has 1 aromatic heterocycles. The van der Waals surface area contributed by atoms with Crippen LogP contribution in [-0.2, 0) is 4.79 Å². The molecule has 0 saturated heterocycles. The minimum absolute atomic E-state index is 0.192. The van der Waals surface area contributed by atoms with E-state index in [1.54, 1.807) is 25.1 Å². The first kappa shape index (κ1) is 12.9. The lowest BCUT2D eigenvalue weighted by Crippen LogP contribution is -2.15. The van der Waals surface area contributed by atoms with E-state index in [9.17, 15) is 4.79 Å². The number of ether oxygens (including phenoxy) is 1. The van der Waals surface area contributed by atoms with Gasteiger partial charge in [-0.3, -0.25) is 4.79 Å². The molecule has 1 amide bonds. The molecule has 1 heterocycles. The van der Waals surface area contributed by atoms with Gasteiger partial charge < -0.3 is 20.3 Å². The van der Waals surface area contributed by atoms with Crippen LogP contribution < -0.4 is 15.8 Å². The molecule has 100 valence electrons. The molecule has 1 aromatic carbocycles. The van der Waals surface area contributed by atoms with Crippen molar-refractivity contribution in [3.63, 3.8) is 0 Å². The van der Waals surface area contributed by atoms with Crippen molar-refractivity contribution in [2.45, 2.75) is 13.3 Å². The van der Waals surface area contributed by atoms with Crippen molar-refractivity contribution < 1.29 is 14.1 Å². The van der Waals surface area contributed by atoms with Crippen LogP contribution in [-0.4, -0.2) is 17.7 Å². The van der Waals surface area contributed by atoms with Gasteiger partial charge in [0.2, 0.25) is 5.91 Å². The van der Waals surface area contributed by atoms with E-state index in [0.29, 0.717) is 23.0 Å². The maximum absolute atomic E-state index is 11.6. The third kappa shape index (κ3) is 3.74. The number of para-hydroxylation sites is 2. The number of hydrogen-bond acceptors (Lipinski definition) is 5. The second-order valence-corrected chi connectivity index (χ2v) is 4.01. The highest BCUT2D eigenvalue weighted by Gasteiger charge is 2.07. The summed E-state index contributed by atoms with van der Waals surface area (Å²) in [5, 5.41) is 6.28. The minimum Gasteiger partial charge on any atom is -0.491 e. The van der Waals surface area contributed by atoms with E-state index in [4.69, 9.17) is 15.0 Å². The van der Waals surface area contributed by atoms with Crippen molar-refractivity contribution >= 4 is 17.4 Å². The van der Waals surface area contributed by atoms with Gasteiger partial charge in [0.05, 0.1) is 18.7 Å². The van der Waals surface area contributed by atoms with Crippen molar-refractivity contribution in [1.29, 1.82) is 0 Å². The molecule has 0 aliphatic rings. The largest absolute Gasteiger partial charge is 0.491 e. The van der Waals surface area contributed by atoms with Crippen LogP contribution in [0.5, 0.6) is 5.75 Å². The minimum atomic E-state index is -0.192. The first-order valence-electron chi connectivity index (χ1n) is 5.85. The van der Waals surface area contributed by atoms with Crippen LogP contribution >= 0.6 is 0 Å². The van der Waals surface area contributed by atoms with Gasteiger partial charge >= 0.3 is 0 Å². The number of hydrogen-bond donors (Lipinski definition) is 2. The molecular formula is C13H15N3O3. The summed E-state index contributed by atoms with van der Waals surface area (Å²) in [5.74, 6) is 1.43. The van der Waals surface area contributed by atoms with Crippen LogP contribution in [0.1, 0.15) is 12.2 Å². The maximum atomic E-state index is 11.6. The standard InChI is InChI=1S/C13H15N3O3/c1-9-8-12(16-19-9)15-13(17)6-7-18-11-5-3-2-4-10(11)14/h2-5,8H,6-7,14H2,1H3,(H,15,16,17). The van der Waals surface area contributed by atoms with Crippen molar-refractivity contribution in [3.8, 4) is 5.75 Å². The van der Waals surface area contributed by atoms with E-state index in [-0.39, 0.29) is 18.9 Å². The van der Waals surface area contributed by atoms with Gasteiger partial charge in [-0.1, -0.05) is 17.3 Å². The van der Waals surface area contributed by atoms with E-state index >= 15 is 0 Å². The zero-order valence-electron chi connectivity index (χ0n) is 10.6. The highest BCUT2D eigenvalue weighted by molar-refractivity contribution is 5.89. The number of nitrogen functional groups attached to an aromatic ring is 1. The number of nitrogens with one attached hydrogen (secondary N) is 1. The number of rotatable bonds is 5. The molecule has 0 fully saturated rings. The van der Waals surface area contributed by atoms with Crippen LogP contribution in [0.3, 0.4) is 0 Å². The van der Waals surface area contributed by atoms with Gasteiger partial charge in [0.25, 0.3) is 0 Å². The van der Waals surface area contributed by atoms with Gasteiger partial charge in [-0.2, -0.15) is 0 Å². The fourth-order valence-corrected chi connectivity index (χ4v) is 1.50. The normalized spacial score (nSPS) is 10.2. The topological polar surface area (TPSA) is 90.4 Å². The number of nitrogens with zero attached hydrogens (tertiary/aromatic N) is 1. The summed E-state index contributed by atoms with van der Waals surface area (Å²) in [5.41, 5.74) is 6.27. The van der Waals surface area contributed by atoms with Crippen molar-refractivity contribution in [2.24, 2.45) is 0 Å². The summed E-state index contributed by atoms with van der Waals surface area (Å²) in [6.07, 6.45) is 0.209. The molecule has 2 rings (SSSR count). The smallest absolute Gasteiger partial charge is 0.229 e. The summed E-state index contributed by atoms with van der Waals surface area (Å²) in [6.45, 7) is 2.00. The summed E-state index contributed by atoms with van der Waals surface area (Å²) in [7, 11) is 0. The Morgan fingerprint density at radius 1 is 1.47 bits per heavy atom. The zero-order valence-corrected chi connectivity index (χ0v) is 10.6. The van der Waals surface area contributed by atoms with Crippen LogP contribution in [0.25, 0.3) is 0 Å². The average Bonchev–Trinajstić information content (AvgIpc) is 2.77. The zero-order chi connectivity index (χ0) is 13.7. The Morgan fingerprint density at radius 2 is 2.26 bits per heavy atom. The third-order valence-electron chi connectivity index (χ3n) is 2.40. The molecule has 0 radical (unpaired) electrons. The van der Waals surface area contributed by atoms with Crippen molar-refractivity contribution in [3.05, 3.63) is 36.1 Å². The predicted molar refractivity (Wildman–Crippen MR) is 70.8 cm³/mol. The van der Waals surface area contributed by atoms with E-state index in [1.807, 2.05) is 12.1 Å². The first-order chi connectivity index (χ1) is 9.15. The number of aryl methyl sites for hydroxylation is 1. The maximum Gasteiger partial charge on any atom is 0.229 e. The Labute approximate surface area is 110 Å². The van der Waals surface area contributed by atoms with E-state index < -0.39 is 0 Å². The monoisotopic (exact) mass is 261 g/mol. The Kier molecular flexibility index (Phi) is 4.02. The molecule has 0 bridgehead atoms. The summed E-state index contributed by atoms with van der Waals surface area (Å²) in [6, 6.07) is 8.79. The third-order valence-corrected chi connectivity index (χ3v) is 2.40. The Morgan fingerprint density at radius 3 is 2.95 bits per heavy atom. The molecule has 0 aliphatic heterocycles. The molecule has 6 nitrogen and oxygen atoms in total. The van der Waals surface area contributed by atoms with Crippen molar-refractivity contribution in [1.82, 2.24) is 5.16 Å². The SMILES string of the molecule is Cc1cc(NC(=O)CCOc2ccccc2N)no1. The van der Waals surface area contributed by atoms with Gasteiger partial charge in [0, 0.05) is 6.07 Å². The first-order valence-corrected chi connectivity index (χ1v) is 5.85. The van der Waals surface area contributed by atoms with E-state index in [0.717, 1.165) is 0 Å². The molecule has 3 N–H and O–H groups in total. The highest BCUT2D eigenvalue weighted by atomic mass is 16.5. The molecule has 0 aliphatic carbocycles. The van der Waals surface area contributed by atoms with Gasteiger partial charge in [-0.25, -0.2) is 0 Å². The molecule has 6 heteroatoms. The van der Waals surface area contributed by atoms with Crippen LogP contribution in [0.15, 0.2) is 34.9 Å². The lowest BCUT2D eigenvalue weighted by Gasteiger charge is -2.07. The summed E-state index contributed by atoms with van der Waals surface area (Å²) < 4.78 is 10.3. The number of carbonyl (C=O) groups excluding carboxylic acids is 1. The molecule has 2 aromatic rings. The van der Waals surface area contributed by atoms with E-state index in [2.05, 4.69) is 10.5 Å². The fraction of sp³-hybridized carbons (Fsp3) is 0.231. The lowest BCUT2D eigenvalue weighted by molar-refractivity contribution is -0.116. The quantitative estimate of drug-likeness (QED) is 0.803. The molecule has 0 unspecified atom stereocenters. The Balaban J connectivity index is 1.77. The average molecular weight is 261 g/mol. The van der Waals surface area contributed by atoms with Gasteiger partial charge in [0.15, 0.2) is 5.82 Å². The predicted octanol–water partition coefficient (Wildman–Crippen LogP) is 1.97. The summed E-state index contributed by atoms with van der Waals surface area (Å²) in [4.78, 5) is 11.6. The molecular weight excluding hydrogens is 246 g/mol. The Hall–Kier alpha value is -2.50. The van der Waals surface area contributed by atoms with Gasteiger partial charge in [-0.15, -0.1) is 0 Å². The molecule has 0 atom stereocenters. The van der Waals surface area contributed by atoms with Crippen LogP contribution in [0, 0.1) is 6.92 Å². The number of aromatic nitrogens is 1. The number of anilines is 2. The lowest BCUT2D eigenvalue weighted by atomic mass is 10.3. The highest BCUT2D eigenvalue weighted by Crippen LogP contribution is 2.19. The fourth-order valence-electron chi connectivity index (χ4n) is 1.50. The Bertz CT molecular complexity index is 566. The second kappa shape index (κ2) is 5.90. The van der Waals surface area contributed by atoms with E-state index in [1.165, 1.54) is 0 Å². The number of carbonyl (C=O) groups is 1. The molecule has 0 spiro atoms.